The first-order valence-electron chi connectivity index (χ1n) is 9.17. The molecule has 7 heteroatoms. The molecule has 2 aromatic heterocycles. The standard InChI is InChI=1S/C22H20N4O2S/c1-15-21(22(28)26(25(15)2)17-9-4-3-5-10-17)24-19(27)14-29-20-13-12-16-8-6-7-11-18(16)23-20/h3-13H,14H2,1-2H3,(H,24,27). The molecule has 0 bridgehead atoms. The summed E-state index contributed by atoms with van der Waals surface area (Å²) in [5.74, 6) is -0.0688. The SMILES string of the molecule is Cc1c(NC(=O)CSc2ccc3ccccc3n2)c(=O)n(-c2ccccc2)n1C. The first-order valence-corrected chi connectivity index (χ1v) is 10.2. The predicted molar refractivity (Wildman–Crippen MR) is 117 cm³/mol. The number of thioether (sulfide) groups is 1. The molecule has 0 aliphatic rings. The molecule has 2 heterocycles. The van der Waals surface area contributed by atoms with E-state index >= 15 is 0 Å². The third-order valence-corrected chi connectivity index (χ3v) is 5.67. The van der Waals surface area contributed by atoms with Crippen LogP contribution >= 0.6 is 11.8 Å². The highest BCUT2D eigenvalue weighted by atomic mass is 32.2. The minimum absolute atomic E-state index is 0.171. The minimum atomic E-state index is -0.251. The Morgan fingerprint density at radius 3 is 2.55 bits per heavy atom. The molecule has 0 saturated heterocycles. The molecule has 0 saturated carbocycles. The number of hydrogen-bond donors (Lipinski definition) is 1. The third-order valence-electron chi connectivity index (χ3n) is 4.74. The van der Waals surface area contributed by atoms with Crippen molar-refractivity contribution in [3.63, 3.8) is 0 Å². The van der Waals surface area contributed by atoms with E-state index in [1.54, 1.807) is 16.4 Å². The van der Waals surface area contributed by atoms with Crippen LogP contribution in [0.15, 0.2) is 76.6 Å². The number of carbonyl (C=O) groups excluding carboxylic acids is 1. The van der Waals surface area contributed by atoms with Crippen LogP contribution in [0.2, 0.25) is 0 Å². The van der Waals surface area contributed by atoms with Gasteiger partial charge in [-0.2, -0.15) is 0 Å². The minimum Gasteiger partial charge on any atom is -0.319 e. The van der Waals surface area contributed by atoms with Crippen LogP contribution < -0.4 is 10.9 Å². The molecule has 4 rings (SSSR count). The number of para-hydroxylation sites is 2. The van der Waals surface area contributed by atoms with Gasteiger partial charge in [-0.05, 0) is 31.2 Å². The lowest BCUT2D eigenvalue weighted by molar-refractivity contribution is -0.113. The van der Waals surface area contributed by atoms with E-state index in [0.29, 0.717) is 11.4 Å². The average molecular weight is 404 g/mol. The summed E-state index contributed by atoms with van der Waals surface area (Å²) < 4.78 is 3.29. The average Bonchev–Trinajstić information content (AvgIpc) is 2.96. The second-order valence-electron chi connectivity index (χ2n) is 6.62. The zero-order valence-corrected chi connectivity index (χ0v) is 16.9. The number of aromatic nitrogens is 3. The van der Waals surface area contributed by atoms with Crippen molar-refractivity contribution in [1.29, 1.82) is 0 Å². The lowest BCUT2D eigenvalue weighted by atomic mass is 10.2. The molecule has 146 valence electrons. The Balaban J connectivity index is 1.50. The number of rotatable bonds is 5. The van der Waals surface area contributed by atoms with Gasteiger partial charge in [-0.1, -0.05) is 54.2 Å². The number of nitrogens with zero attached hydrogens (tertiary/aromatic N) is 3. The maximum absolute atomic E-state index is 12.9. The molecule has 0 spiro atoms. The second kappa shape index (κ2) is 7.97. The Morgan fingerprint density at radius 1 is 1.03 bits per heavy atom. The number of fused-ring (bicyclic) bond motifs is 1. The van der Waals surface area contributed by atoms with Gasteiger partial charge in [0.2, 0.25) is 5.91 Å². The largest absolute Gasteiger partial charge is 0.319 e. The number of hydrogen-bond acceptors (Lipinski definition) is 4. The normalized spacial score (nSPS) is 11.0. The molecule has 29 heavy (non-hydrogen) atoms. The highest BCUT2D eigenvalue weighted by Crippen LogP contribution is 2.20. The molecule has 2 aromatic carbocycles. The van der Waals surface area contributed by atoms with E-state index in [4.69, 9.17) is 0 Å². The Morgan fingerprint density at radius 2 is 1.76 bits per heavy atom. The highest BCUT2D eigenvalue weighted by molar-refractivity contribution is 7.99. The summed E-state index contributed by atoms with van der Waals surface area (Å²) in [6, 6.07) is 21.1. The molecule has 4 aromatic rings. The van der Waals surface area contributed by atoms with Crippen molar-refractivity contribution >= 4 is 34.3 Å². The maximum atomic E-state index is 12.9. The Bertz CT molecular complexity index is 1240. The van der Waals surface area contributed by atoms with Crippen LogP contribution in [0.3, 0.4) is 0 Å². The lowest BCUT2D eigenvalue weighted by Gasteiger charge is -2.07. The summed E-state index contributed by atoms with van der Waals surface area (Å²) in [5, 5.41) is 4.60. The number of nitrogens with one attached hydrogen (secondary N) is 1. The summed E-state index contributed by atoms with van der Waals surface area (Å²) in [5.41, 5.74) is 2.38. The van der Waals surface area contributed by atoms with Crippen LogP contribution in [0.4, 0.5) is 5.69 Å². The number of amides is 1. The fourth-order valence-electron chi connectivity index (χ4n) is 3.15. The molecule has 0 aliphatic carbocycles. The Labute approximate surface area is 172 Å². The Hall–Kier alpha value is -3.32. The van der Waals surface area contributed by atoms with Crippen molar-refractivity contribution in [1.82, 2.24) is 14.3 Å². The number of anilines is 1. The van der Waals surface area contributed by atoms with Crippen LogP contribution in [0.1, 0.15) is 5.69 Å². The molecule has 0 atom stereocenters. The quantitative estimate of drug-likeness (QED) is 0.514. The van der Waals surface area contributed by atoms with E-state index in [2.05, 4.69) is 10.3 Å². The fraction of sp³-hybridized carbons (Fsp3) is 0.136. The van der Waals surface area contributed by atoms with Crippen LogP contribution in [-0.4, -0.2) is 26.0 Å². The molecule has 0 radical (unpaired) electrons. The van der Waals surface area contributed by atoms with Gasteiger partial charge in [0.15, 0.2) is 0 Å². The van der Waals surface area contributed by atoms with Crippen LogP contribution in [0, 0.1) is 6.92 Å². The summed E-state index contributed by atoms with van der Waals surface area (Å²) in [4.78, 5) is 29.9. The topological polar surface area (TPSA) is 68.9 Å². The number of benzene rings is 2. The predicted octanol–water partition coefficient (Wildman–Crippen LogP) is 3.76. The van der Waals surface area contributed by atoms with Crippen molar-refractivity contribution in [3.05, 3.63) is 82.8 Å². The van der Waals surface area contributed by atoms with Crippen LogP contribution in [-0.2, 0) is 11.8 Å². The molecule has 0 fully saturated rings. The van der Waals surface area contributed by atoms with E-state index in [9.17, 15) is 9.59 Å². The molecule has 1 amide bonds. The summed E-state index contributed by atoms with van der Waals surface area (Å²) in [6.45, 7) is 1.81. The highest BCUT2D eigenvalue weighted by Gasteiger charge is 2.18. The van der Waals surface area contributed by atoms with Gasteiger partial charge in [-0.3, -0.25) is 14.3 Å². The number of pyridine rings is 1. The van der Waals surface area contributed by atoms with E-state index in [0.717, 1.165) is 21.6 Å². The van der Waals surface area contributed by atoms with Gasteiger partial charge in [0.25, 0.3) is 5.56 Å². The molecular weight excluding hydrogens is 384 g/mol. The second-order valence-corrected chi connectivity index (χ2v) is 7.61. The zero-order valence-electron chi connectivity index (χ0n) is 16.1. The third kappa shape index (κ3) is 3.82. The lowest BCUT2D eigenvalue weighted by Crippen LogP contribution is -2.23. The van der Waals surface area contributed by atoms with Crippen molar-refractivity contribution in [3.8, 4) is 5.69 Å². The first kappa shape index (κ1) is 19.0. The van der Waals surface area contributed by atoms with Gasteiger partial charge in [0.1, 0.15) is 5.69 Å². The van der Waals surface area contributed by atoms with Gasteiger partial charge >= 0.3 is 0 Å². The molecule has 1 N–H and O–H groups in total. The number of carbonyl (C=O) groups is 1. The summed E-state index contributed by atoms with van der Waals surface area (Å²) >= 11 is 1.34. The summed E-state index contributed by atoms with van der Waals surface area (Å²) in [6.07, 6.45) is 0. The van der Waals surface area contributed by atoms with E-state index < -0.39 is 0 Å². The van der Waals surface area contributed by atoms with Gasteiger partial charge in [-0.25, -0.2) is 9.67 Å². The van der Waals surface area contributed by atoms with E-state index in [-0.39, 0.29) is 17.2 Å². The Kier molecular flexibility index (Phi) is 5.22. The van der Waals surface area contributed by atoms with Gasteiger partial charge in [0, 0.05) is 12.4 Å². The molecule has 0 unspecified atom stereocenters. The van der Waals surface area contributed by atoms with Crippen molar-refractivity contribution < 1.29 is 4.79 Å². The molecular formula is C22H20N4O2S. The van der Waals surface area contributed by atoms with Gasteiger partial charge in [-0.15, -0.1) is 0 Å². The van der Waals surface area contributed by atoms with E-state index in [1.165, 1.54) is 11.8 Å². The van der Waals surface area contributed by atoms with E-state index in [1.807, 2.05) is 73.7 Å². The first-order chi connectivity index (χ1) is 14.0. The molecule has 6 nitrogen and oxygen atoms in total. The van der Waals surface area contributed by atoms with Crippen LogP contribution in [0.25, 0.3) is 16.6 Å². The molecule has 0 aliphatic heterocycles. The zero-order chi connectivity index (χ0) is 20.4. The van der Waals surface area contributed by atoms with Gasteiger partial charge < -0.3 is 5.32 Å². The van der Waals surface area contributed by atoms with Crippen LogP contribution in [0.5, 0.6) is 0 Å². The smallest absolute Gasteiger partial charge is 0.295 e. The van der Waals surface area contributed by atoms with Crippen molar-refractivity contribution in [2.75, 3.05) is 11.1 Å². The summed E-state index contributed by atoms with van der Waals surface area (Å²) in [7, 11) is 1.80. The van der Waals surface area contributed by atoms with Crippen molar-refractivity contribution in [2.45, 2.75) is 11.9 Å². The fourth-order valence-corrected chi connectivity index (χ4v) is 3.83. The maximum Gasteiger partial charge on any atom is 0.295 e. The van der Waals surface area contributed by atoms with Crippen molar-refractivity contribution in [2.24, 2.45) is 7.05 Å². The van der Waals surface area contributed by atoms with Gasteiger partial charge in [0.05, 0.1) is 27.7 Å². The monoisotopic (exact) mass is 404 g/mol.